The second kappa shape index (κ2) is 10.7. The van der Waals surface area contributed by atoms with Crippen molar-refractivity contribution in [1.82, 2.24) is 19.7 Å². The van der Waals surface area contributed by atoms with Gasteiger partial charge in [0.2, 0.25) is 5.91 Å². The van der Waals surface area contributed by atoms with Gasteiger partial charge in [-0.25, -0.2) is 0 Å². The number of hydrogen-bond acceptors (Lipinski definition) is 8. The largest absolute Gasteiger partial charge is 0.497 e. The fraction of sp³-hybridized carbons (Fsp3) is 0.167. The molecule has 0 radical (unpaired) electrons. The Morgan fingerprint density at radius 1 is 0.971 bits per heavy atom. The molecular weight excluding hydrogens is 454 g/mol. The maximum absolute atomic E-state index is 12.8. The standard InChI is InChI=1S/C24H23N5O4S/c1-31-17-10-11-20(32-2)18(13-17)26-22(30)15-34-24-28-27-23(16-7-6-12-25-14-16)29(24)19-8-4-5-9-21(19)33-3/h4-14H,15H2,1-3H3,(H,26,30). The van der Waals surface area contributed by atoms with Gasteiger partial charge in [0.25, 0.3) is 0 Å². The molecule has 2 aromatic carbocycles. The summed E-state index contributed by atoms with van der Waals surface area (Å²) in [5.41, 5.74) is 2.07. The predicted molar refractivity (Wildman–Crippen MR) is 130 cm³/mol. The highest BCUT2D eigenvalue weighted by Crippen LogP contribution is 2.33. The minimum absolute atomic E-state index is 0.0979. The Kier molecular flexibility index (Phi) is 7.28. The van der Waals surface area contributed by atoms with Crippen LogP contribution in [-0.2, 0) is 4.79 Å². The summed E-state index contributed by atoms with van der Waals surface area (Å²) in [4.78, 5) is 17.0. The van der Waals surface area contributed by atoms with E-state index in [-0.39, 0.29) is 11.7 Å². The van der Waals surface area contributed by atoms with E-state index in [4.69, 9.17) is 14.2 Å². The van der Waals surface area contributed by atoms with Crippen LogP contribution in [0, 0.1) is 0 Å². The highest BCUT2D eigenvalue weighted by Gasteiger charge is 2.20. The molecule has 0 saturated carbocycles. The molecule has 0 aliphatic rings. The number of anilines is 1. The summed E-state index contributed by atoms with van der Waals surface area (Å²) in [5, 5.41) is 12.1. The van der Waals surface area contributed by atoms with Crippen molar-refractivity contribution >= 4 is 23.4 Å². The summed E-state index contributed by atoms with van der Waals surface area (Å²) in [6.07, 6.45) is 3.41. The number of ether oxygens (including phenoxy) is 3. The molecule has 1 amide bonds. The smallest absolute Gasteiger partial charge is 0.234 e. The fourth-order valence-corrected chi connectivity index (χ4v) is 4.05. The van der Waals surface area contributed by atoms with E-state index >= 15 is 0 Å². The van der Waals surface area contributed by atoms with E-state index in [2.05, 4.69) is 20.5 Å². The quantitative estimate of drug-likeness (QED) is 0.360. The molecule has 0 saturated heterocycles. The molecule has 1 N–H and O–H groups in total. The Morgan fingerprint density at radius 3 is 2.53 bits per heavy atom. The molecule has 0 aliphatic heterocycles. The van der Waals surface area contributed by atoms with E-state index < -0.39 is 0 Å². The van der Waals surface area contributed by atoms with Gasteiger partial charge in [0.1, 0.15) is 17.2 Å². The van der Waals surface area contributed by atoms with E-state index in [0.29, 0.717) is 33.9 Å². The van der Waals surface area contributed by atoms with Gasteiger partial charge in [0.05, 0.1) is 38.5 Å². The van der Waals surface area contributed by atoms with Crippen LogP contribution >= 0.6 is 11.8 Å². The lowest BCUT2D eigenvalue weighted by Crippen LogP contribution is -2.15. The molecule has 0 fully saturated rings. The maximum atomic E-state index is 12.8. The second-order valence-electron chi connectivity index (χ2n) is 6.96. The van der Waals surface area contributed by atoms with Crippen molar-refractivity contribution in [3.05, 3.63) is 67.0 Å². The van der Waals surface area contributed by atoms with Gasteiger partial charge in [-0.15, -0.1) is 10.2 Å². The molecule has 4 aromatic rings. The number of para-hydroxylation sites is 2. The molecule has 0 unspecified atom stereocenters. The first kappa shape index (κ1) is 23.1. The summed E-state index contributed by atoms with van der Waals surface area (Å²) >= 11 is 1.26. The summed E-state index contributed by atoms with van der Waals surface area (Å²) < 4.78 is 18.0. The normalized spacial score (nSPS) is 10.6. The van der Waals surface area contributed by atoms with Crippen LogP contribution in [0.5, 0.6) is 17.2 Å². The highest BCUT2D eigenvalue weighted by molar-refractivity contribution is 7.99. The van der Waals surface area contributed by atoms with Crippen LogP contribution in [0.25, 0.3) is 17.1 Å². The van der Waals surface area contributed by atoms with Crippen molar-refractivity contribution in [3.8, 4) is 34.3 Å². The minimum atomic E-state index is -0.228. The van der Waals surface area contributed by atoms with Crippen LogP contribution in [-0.4, -0.2) is 52.7 Å². The maximum Gasteiger partial charge on any atom is 0.234 e. The molecule has 174 valence electrons. The van der Waals surface area contributed by atoms with Crippen LogP contribution in [0.2, 0.25) is 0 Å². The zero-order valence-corrected chi connectivity index (χ0v) is 19.7. The summed E-state index contributed by atoms with van der Waals surface area (Å²) in [5.74, 6) is 2.26. The molecular formula is C24H23N5O4S. The Labute approximate surface area is 201 Å². The van der Waals surface area contributed by atoms with Gasteiger partial charge in [-0.05, 0) is 36.4 Å². The summed E-state index contributed by atoms with van der Waals surface area (Å²) in [6.45, 7) is 0. The molecule has 0 spiro atoms. The van der Waals surface area contributed by atoms with Gasteiger partial charge < -0.3 is 19.5 Å². The van der Waals surface area contributed by atoms with Gasteiger partial charge in [-0.2, -0.15) is 0 Å². The third-order valence-electron chi connectivity index (χ3n) is 4.89. The zero-order valence-electron chi connectivity index (χ0n) is 18.9. The lowest BCUT2D eigenvalue weighted by atomic mass is 10.2. The van der Waals surface area contributed by atoms with Crippen LogP contribution in [0.4, 0.5) is 5.69 Å². The Balaban J connectivity index is 1.62. The van der Waals surface area contributed by atoms with Crippen LogP contribution in [0.1, 0.15) is 0 Å². The van der Waals surface area contributed by atoms with E-state index in [9.17, 15) is 4.79 Å². The van der Waals surface area contributed by atoms with Gasteiger partial charge in [-0.1, -0.05) is 23.9 Å². The molecule has 0 bridgehead atoms. The molecule has 0 atom stereocenters. The average molecular weight is 478 g/mol. The molecule has 9 nitrogen and oxygen atoms in total. The first-order valence-electron chi connectivity index (χ1n) is 10.3. The number of rotatable bonds is 9. The van der Waals surface area contributed by atoms with Crippen molar-refractivity contribution in [2.45, 2.75) is 5.16 Å². The van der Waals surface area contributed by atoms with Crippen LogP contribution in [0.3, 0.4) is 0 Å². The number of pyridine rings is 1. The molecule has 4 rings (SSSR count). The summed E-state index contributed by atoms with van der Waals surface area (Å²) in [6, 6.07) is 16.5. The first-order valence-corrected chi connectivity index (χ1v) is 11.3. The topological polar surface area (TPSA) is 100 Å². The lowest BCUT2D eigenvalue weighted by Gasteiger charge is -2.14. The molecule has 34 heavy (non-hydrogen) atoms. The lowest BCUT2D eigenvalue weighted by molar-refractivity contribution is -0.113. The van der Waals surface area contributed by atoms with Gasteiger partial charge >= 0.3 is 0 Å². The van der Waals surface area contributed by atoms with Crippen molar-refractivity contribution in [2.24, 2.45) is 0 Å². The number of nitrogens with one attached hydrogen (secondary N) is 1. The third-order valence-corrected chi connectivity index (χ3v) is 5.82. The number of thioether (sulfide) groups is 1. The number of benzene rings is 2. The predicted octanol–water partition coefficient (Wildman–Crippen LogP) is 4.09. The molecule has 2 aromatic heterocycles. The third kappa shape index (κ3) is 4.96. The SMILES string of the molecule is COc1ccc(OC)c(NC(=O)CSc2nnc(-c3cccnc3)n2-c2ccccc2OC)c1. The number of methoxy groups -OCH3 is 3. The number of aromatic nitrogens is 4. The van der Waals surface area contributed by atoms with E-state index in [1.54, 1.807) is 51.9 Å². The van der Waals surface area contributed by atoms with Gasteiger partial charge in [0.15, 0.2) is 11.0 Å². The molecule has 10 heteroatoms. The molecule has 0 aliphatic carbocycles. The van der Waals surface area contributed by atoms with Crippen molar-refractivity contribution in [1.29, 1.82) is 0 Å². The number of carbonyl (C=O) groups is 1. The van der Waals surface area contributed by atoms with Gasteiger partial charge in [-0.3, -0.25) is 14.3 Å². The van der Waals surface area contributed by atoms with Crippen molar-refractivity contribution in [2.75, 3.05) is 32.4 Å². The monoisotopic (exact) mass is 477 g/mol. The Bertz CT molecular complexity index is 1280. The number of hydrogen-bond donors (Lipinski definition) is 1. The average Bonchev–Trinajstić information content (AvgIpc) is 3.31. The summed E-state index contributed by atoms with van der Waals surface area (Å²) in [7, 11) is 4.71. The van der Waals surface area contributed by atoms with E-state index in [1.165, 1.54) is 11.8 Å². The van der Waals surface area contributed by atoms with Crippen molar-refractivity contribution in [3.63, 3.8) is 0 Å². The number of amides is 1. The zero-order chi connectivity index (χ0) is 23.9. The van der Waals surface area contributed by atoms with Crippen molar-refractivity contribution < 1.29 is 19.0 Å². The molecule has 2 heterocycles. The highest BCUT2D eigenvalue weighted by atomic mass is 32.2. The first-order chi connectivity index (χ1) is 16.6. The minimum Gasteiger partial charge on any atom is -0.497 e. The fourth-order valence-electron chi connectivity index (χ4n) is 3.31. The Morgan fingerprint density at radius 2 is 1.79 bits per heavy atom. The number of carbonyl (C=O) groups excluding carboxylic acids is 1. The van der Waals surface area contributed by atoms with Crippen LogP contribution < -0.4 is 19.5 Å². The number of nitrogens with zero attached hydrogens (tertiary/aromatic N) is 4. The van der Waals surface area contributed by atoms with Crippen LogP contribution in [0.15, 0.2) is 72.1 Å². The van der Waals surface area contributed by atoms with Gasteiger partial charge in [0, 0.05) is 24.0 Å². The Hall–Kier alpha value is -4.05. The van der Waals surface area contributed by atoms with E-state index in [0.717, 1.165) is 11.3 Å². The van der Waals surface area contributed by atoms with E-state index in [1.807, 2.05) is 41.0 Å². The second-order valence-corrected chi connectivity index (χ2v) is 7.90.